The van der Waals surface area contributed by atoms with E-state index in [2.05, 4.69) is 22.1 Å². The van der Waals surface area contributed by atoms with Crippen molar-refractivity contribution in [2.45, 2.75) is 31.4 Å². The number of hydrogen-bond donors (Lipinski definition) is 1. The molecule has 126 valence electrons. The van der Waals surface area contributed by atoms with Crippen molar-refractivity contribution in [2.75, 3.05) is 12.4 Å². The minimum absolute atomic E-state index is 0.188. The van der Waals surface area contributed by atoms with Gasteiger partial charge in [-0.05, 0) is 12.5 Å². The van der Waals surface area contributed by atoms with Crippen LogP contribution in [0.3, 0.4) is 0 Å². The zero-order valence-electron chi connectivity index (χ0n) is 13.4. The molecule has 0 aliphatic heterocycles. The highest BCUT2D eigenvalue weighted by molar-refractivity contribution is 7.99. The fourth-order valence-electron chi connectivity index (χ4n) is 2.25. The predicted molar refractivity (Wildman–Crippen MR) is 92.8 cm³/mol. The molecule has 0 radical (unpaired) electrons. The van der Waals surface area contributed by atoms with Gasteiger partial charge in [0.2, 0.25) is 0 Å². The van der Waals surface area contributed by atoms with Crippen molar-refractivity contribution in [3.05, 3.63) is 30.5 Å². The van der Waals surface area contributed by atoms with E-state index >= 15 is 0 Å². The van der Waals surface area contributed by atoms with Gasteiger partial charge in [-0.1, -0.05) is 43.3 Å². The van der Waals surface area contributed by atoms with Crippen molar-refractivity contribution in [1.29, 1.82) is 0 Å². The Kier molecular flexibility index (Phi) is 5.53. The first-order chi connectivity index (χ1) is 11.8. The second-order valence-corrected chi connectivity index (χ2v) is 6.34. The highest BCUT2D eigenvalue weighted by atomic mass is 32.2. The molecule has 7 heteroatoms. The minimum Gasteiger partial charge on any atom is -0.466 e. The molecule has 24 heavy (non-hydrogen) atoms. The number of H-pyrrole nitrogens is 1. The molecule has 0 fully saturated rings. The van der Waals surface area contributed by atoms with Gasteiger partial charge in [-0.2, -0.15) is 0 Å². The standard InChI is InChI=1S/C17H19N3O3S/c1-2-3-9-22-15(21)8-10-24-17-20-19-16(23-17)13-11-18-14-7-5-4-6-12(13)14/h4-7,11,18H,2-3,8-10H2,1H3. The Morgan fingerprint density at radius 3 is 3.08 bits per heavy atom. The molecule has 0 atom stereocenters. The van der Waals surface area contributed by atoms with E-state index in [-0.39, 0.29) is 5.97 Å². The second-order valence-electron chi connectivity index (χ2n) is 5.29. The summed E-state index contributed by atoms with van der Waals surface area (Å²) in [5.74, 6) is 0.841. The largest absolute Gasteiger partial charge is 0.466 e. The molecule has 2 aromatic heterocycles. The van der Waals surface area contributed by atoms with Crippen molar-refractivity contribution in [3.63, 3.8) is 0 Å². The molecule has 1 N–H and O–H groups in total. The number of aromatic nitrogens is 3. The van der Waals surface area contributed by atoms with Crippen LogP contribution in [0.1, 0.15) is 26.2 Å². The van der Waals surface area contributed by atoms with E-state index in [4.69, 9.17) is 9.15 Å². The van der Waals surface area contributed by atoms with Gasteiger partial charge in [0.1, 0.15) is 0 Å². The molecule has 0 aliphatic carbocycles. The van der Waals surface area contributed by atoms with Crippen LogP contribution < -0.4 is 0 Å². The number of aromatic amines is 1. The maximum atomic E-state index is 11.5. The Balaban J connectivity index is 1.55. The lowest BCUT2D eigenvalue weighted by Crippen LogP contribution is -2.06. The summed E-state index contributed by atoms with van der Waals surface area (Å²) in [5.41, 5.74) is 1.90. The van der Waals surface area contributed by atoms with Crippen LogP contribution in [0, 0.1) is 0 Å². The number of ether oxygens (including phenoxy) is 1. The third-order valence-electron chi connectivity index (χ3n) is 3.52. The molecular weight excluding hydrogens is 326 g/mol. The molecule has 0 aliphatic rings. The summed E-state index contributed by atoms with van der Waals surface area (Å²) in [6.07, 6.45) is 4.11. The second kappa shape index (κ2) is 8.01. The third-order valence-corrected chi connectivity index (χ3v) is 4.34. The molecule has 0 amide bonds. The zero-order valence-corrected chi connectivity index (χ0v) is 14.3. The summed E-state index contributed by atoms with van der Waals surface area (Å²) in [4.78, 5) is 14.7. The zero-order chi connectivity index (χ0) is 16.8. The van der Waals surface area contributed by atoms with Crippen molar-refractivity contribution in [1.82, 2.24) is 15.2 Å². The van der Waals surface area contributed by atoms with E-state index in [0.29, 0.717) is 29.9 Å². The molecule has 3 rings (SSSR count). The normalized spacial score (nSPS) is 11.0. The lowest BCUT2D eigenvalue weighted by molar-refractivity contribution is -0.143. The Hall–Kier alpha value is -2.28. The fraction of sp³-hybridized carbons (Fsp3) is 0.353. The van der Waals surface area contributed by atoms with Gasteiger partial charge in [-0.25, -0.2) is 0 Å². The Labute approximate surface area is 144 Å². The number of nitrogens with zero attached hydrogens (tertiary/aromatic N) is 2. The number of carbonyl (C=O) groups excluding carboxylic acids is 1. The topological polar surface area (TPSA) is 81.0 Å². The number of esters is 1. The molecule has 0 saturated carbocycles. The number of rotatable bonds is 8. The van der Waals surface area contributed by atoms with Crippen LogP contribution in [0.4, 0.5) is 0 Å². The summed E-state index contributed by atoms with van der Waals surface area (Å²) >= 11 is 1.36. The van der Waals surface area contributed by atoms with Gasteiger partial charge in [0.25, 0.3) is 11.1 Å². The van der Waals surface area contributed by atoms with Crippen molar-refractivity contribution < 1.29 is 13.9 Å². The maximum absolute atomic E-state index is 11.5. The maximum Gasteiger partial charge on any atom is 0.306 e. The summed E-state index contributed by atoms with van der Waals surface area (Å²) in [7, 11) is 0. The average Bonchev–Trinajstić information content (AvgIpc) is 3.21. The van der Waals surface area contributed by atoms with Gasteiger partial charge in [0.15, 0.2) is 0 Å². The number of hydrogen-bond acceptors (Lipinski definition) is 6. The average molecular weight is 345 g/mol. The van der Waals surface area contributed by atoms with Gasteiger partial charge in [0.05, 0.1) is 18.6 Å². The van der Waals surface area contributed by atoms with Crippen LogP contribution in [0.2, 0.25) is 0 Å². The first-order valence-electron chi connectivity index (χ1n) is 7.96. The van der Waals surface area contributed by atoms with E-state index in [9.17, 15) is 4.79 Å². The molecule has 0 spiro atoms. The van der Waals surface area contributed by atoms with Crippen molar-refractivity contribution in [3.8, 4) is 11.5 Å². The monoisotopic (exact) mass is 345 g/mol. The lowest BCUT2D eigenvalue weighted by atomic mass is 10.2. The van der Waals surface area contributed by atoms with Crippen LogP contribution in [0.25, 0.3) is 22.4 Å². The Bertz CT molecular complexity index is 812. The number of nitrogens with one attached hydrogen (secondary N) is 1. The molecule has 1 aromatic carbocycles. The minimum atomic E-state index is -0.188. The third kappa shape index (κ3) is 3.97. The molecule has 3 aromatic rings. The lowest BCUT2D eigenvalue weighted by Gasteiger charge is -2.02. The van der Waals surface area contributed by atoms with E-state index < -0.39 is 0 Å². The number of unbranched alkanes of at least 4 members (excludes halogenated alkanes) is 1. The molecular formula is C17H19N3O3S. The molecule has 2 heterocycles. The molecule has 0 bridgehead atoms. The van der Waals surface area contributed by atoms with E-state index in [1.807, 2.05) is 30.5 Å². The number of benzene rings is 1. The van der Waals surface area contributed by atoms with Crippen LogP contribution in [-0.4, -0.2) is 33.5 Å². The van der Waals surface area contributed by atoms with Crippen LogP contribution >= 0.6 is 11.8 Å². The summed E-state index contributed by atoms with van der Waals surface area (Å²) < 4.78 is 10.8. The first-order valence-corrected chi connectivity index (χ1v) is 8.95. The quantitative estimate of drug-likeness (QED) is 0.377. The summed E-state index contributed by atoms with van der Waals surface area (Å²) in [6, 6.07) is 7.94. The molecule has 0 unspecified atom stereocenters. The predicted octanol–water partition coefficient (Wildman–Crippen LogP) is 4.04. The number of thioether (sulfide) groups is 1. The van der Waals surface area contributed by atoms with Crippen molar-refractivity contribution >= 4 is 28.6 Å². The van der Waals surface area contributed by atoms with Gasteiger partial charge >= 0.3 is 5.97 Å². The highest BCUT2D eigenvalue weighted by Gasteiger charge is 2.13. The van der Waals surface area contributed by atoms with Gasteiger partial charge in [-0.3, -0.25) is 4.79 Å². The fourth-order valence-corrected chi connectivity index (χ4v) is 2.93. The van der Waals surface area contributed by atoms with E-state index in [0.717, 1.165) is 29.3 Å². The van der Waals surface area contributed by atoms with Gasteiger partial charge in [-0.15, -0.1) is 10.2 Å². The smallest absolute Gasteiger partial charge is 0.306 e. The Morgan fingerprint density at radius 1 is 1.33 bits per heavy atom. The SMILES string of the molecule is CCCCOC(=O)CCSc1nnc(-c2c[nH]c3ccccc23)o1. The first kappa shape index (κ1) is 16.6. The number of fused-ring (bicyclic) bond motifs is 1. The summed E-state index contributed by atoms with van der Waals surface area (Å²) in [5, 5.41) is 9.62. The molecule has 0 saturated heterocycles. The van der Waals surface area contributed by atoms with Crippen molar-refractivity contribution in [2.24, 2.45) is 0 Å². The molecule has 6 nitrogen and oxygen atoms in total. The van der Waals surface area contributed by atoms with Gasteiger partial charge < -0.3 is 14.1 Å². The van der Waals surface area contributed by atoms with E-state index in [1.54, 1.807) is 0 Å². The van der Waals surface area contributed by atoms with Crippen LogP contribution in [-0.2, 0) is 9.53 Å². The highest BCUT2D eigenvalue weighted by Crippen LogP contribution is 2.29. The Morgan fingerprint density at radius 2 is 2.21 bits per heavy atom. The number of carbonyl (C=O) groups is 1. The summed E-state index contributed by atoms with van der Waals surface area (Å²) in [6.45, 7) is 2.55. The van der Waals surface area contributed by atoms with E-state index in [1.165, 1.54) is 11.8 Å². The number of para-hydroxylation sites is 1. The van der Waals surface area contributed by atoms with Gasteiger partial charge in [0, 0.05) is 22.9 Å². The van der Waals surface area contributed by atoms with Crippen LogP contribution in [0.15, 0.2) is 40.1 Å². The van der Waals surface area contributed by atoms with Crippen LogP contribution in [0.5, 0.6) is 0 Å².